The van der Waals surface area contributed by atoms with Crippen LogP contribution in [0.1, 0.15) is 121 Å². The van der Waals surface area contributed by atoms with Crippen LogP contribution in [0.15, 0.2) is 24.3 Å². The lowest BCUT2D eigenvalue weighted by Crippen LogP contribution is -2.61. The molecule has 8 rings (SSSR count). The Morgan fingerprint density at radius 3 is 1.41 bits per heavy atom. The van der Waals surface area contributed by atoms with Gasteiger partial charge < -0.3 is 56.5 Å². The molecule has 16 nitrogen and oxygen atoms in total. The van der Waals surface area contributed by atoms with Gasteiger partial charge in [-0.1, -0.05) is 65.8 Å². The van der Waals surface area contributed by atoms with Crippen LogP contribution in [0.2, 0.25) is 0 Å². The molecule has 0 aromatic rings. The van der Waals surface area contributed by atoms with Crippen LogP contribution in [0, 0.1) is 22.7 Å². The van der Waals surface area contributed by atoms with E-state index in [0.717, 1.165) is 0 Å². The van der Waals surface area contributed by atoms with Crippen molar-refractivity contribution >= 4 is 30.8 Å². The van der Waals surface area contributed by atoms with Crippen molar-refractivity contribution in [2.24, 2.45) is 22.7 Å². The van der Waals surface area contributed by atoms with Gasteiger partial charge in [-0.25, -0.2) is 9.59 Å². The van der Waals surface area contributed by atoms with Crippen LogP contribution in [-0.2, 0) is 75.7 Å². The van der Waals surface area contributed by atoms with E-state index in [9.17, 15) is 19.2 Å². The van der Waals surface area contributed by atoms with Gasteiger partial charge in [0.05, 0.1) is 36.6 Å². The molecule has 0 N–H and O–H groups in total. The fourth-order valence-electron chi connectivity index (χ4n) is 10.8. The molecule has 0 radical (unpaired) electrons. The number of carbonyl (C=O) groups is 4. The summed E-state index contributed by atoms with van der Waals surface area (Å²) in [4.78, 5) is 54.9. The van der Waals surface area contributed by atoms with Crippen LogP contribution in [0.3, 0.4) is 0 Å². The number of hydrogen-bond donors (Lipinski definition) is 0. The highest BCUT2D eigenvalue weighted by Gasteiger charge is 2.73. The molecule has 0 aromatic carbocycles. The minimum Gasteiger partial charge on any atom is -0.504 e. The third-order valence-electron chi connectivity index (χ3n) is 14.8. The molecule has 61 heavy (non-hydrogen) atoms. The number of esters is 4. The Labute approximate surface area is 358 Å². The lowest BCUT2D eigenvalue weighted by Gasteiger charge is -2.53. The van der Waals surface area contributed by atoms with Gasteiger partial charge in [-0.3, -0.25) is 9.59 Å². The molecular weight excluding hydrogens is 795 g/mol. The van der Waals surface area contributed by atoms with Crippen molar-refractivity contribution in [1.82, 2.24) is 0 Å². The second-order valence-corrected chi connectivity index (χ2v) is 19.8. The highest BCUT2D eigenvalue weighted by molar-refractivity contribution is 6.56. The Morgan fingerprint density at radius 1 is 0.639 bits per heavy atom. The van der Waals surface area contributed by atoms with Crippen LogP contribution < -0.4 is 0 Å². The molecule has 3 spiro atoms. The number of carbonyl (C=O) groups excluding carboxylic acids is 4. The maximum absolute atomic E-state index is 14.8. The molecule has 16 atom stereocenters. The first kappa shape index (κ1) is 44.7. The molecule has 6 fully saturated rings. The van der Waals surface area contributed by atoms with Crippen LogP contribution >= 0.6 is 0 Å². The average molecular weight is 860 g/mol. The summed E-state index contributed by atoms with van der Waals surface area (Å²) in [6.07, 6.45) is 2.18. The summed E-state index contributed by atoms with van der Waals surface area (Å²) < 4.78 is 78.6. The zero-order valence-electron chi connectivity index (χ0n) is 37.2. The third kappa shape index (κ3) is 8.01. The Bertz CT molecular complexity index is 1660. The standard InChI is InChI=1S/C44H64BO16/c1-23-17-19-35-41(7,8)33(52-27(5)46)15-11-13-30-22-32(26(4)51-30)55-40(49)38-44-24(2)18-20-36(57-44)42(9,10)34(53-28(6)47)16-12-14-29-21-31(25(3)50-29)54-39(48)37-43(23,56-35)60-45(58-37,59-38)61-44/h11-14,23-26,29-38H,15-22H2,1-10H3/q-1/b13-11-,14-12-/t23-,24-,25-,26-,29-,30-,31+,32+,33-,34-,35+,36+,37+,38+,43+,44+,45?/m1/s1. The second kappa shape index (κ2) is 16.3. The molecule has 340 valence electrons. The molecule has 17 heteroatoms. The number of ether oxygens (including phenoxy) is 8. The maximum atomic E-state index is 14.8. The van der Waals surface area contributed by atoms with E-state index in [1.54, 1.807) is 0 Å². The Morgan fingerprint density at radius 2 is 1.03 bits per heavy atom. The van der Waals surface area contributed by atoms with Crippen molar-refractivity contribution in [3.63, 3.8) is 0 Å². The van der Waals surface area contributed by atoms with Gasteiger partial charge in [-0.05, 0) is 39.5 Å². The van der Waals surface area contributed by atoms with Crippen LogP contribution in [-0.4, -0.2) is 116 Å². The molecule has 8 heterocycles. The van der Waals surface area contributed by atoms with E-state index < -0.39 is 138 Å². The minimum atomic E-state index is -3.50. The lowest BCUT2D eigenvalue weighted by atomic mass is 9.73. The third-order valence-corrected chi connectivity index (χ3v) is 14.8. The zero-order valence-corrected chi connectivity index (χ0v) is 37.2. The van der Waals surface area contributed by atoms with Crippen molar-refractivity contribution in [2.45, 2.75) is 205 Å². The first-order valence-electron chi connectivity index (χ1n) is 22.3. The summed E-state index contributed by atoms with van der Waals surface area (Å²) in [5.41, 5.74) is -1.69. The second-order valence-electron chi connectivity index (χ2n) is 19.8. The topological polar surface area (TPSA) is 179 Å². The van der Waals surface area contributed by atoms with Gasteiger partial charge in [-0.2, -0.15) is 0 Å². The van der Waals surface area contributed by atoms with E-state index in [1.807, 2.05) is 79.7 Å². The molecule has 8 aliphatic heterocycles. The summed E-state index contributed by atoms with van der Waals surface area (Å²) >= 11 is 0. The first-order chi connectivity index (χ1) is 28.7. The number of rotatable bonds is 2. The summed E-state index contributed by atoms with van der Waals surface area (Å²) in [6.45, 7) is 14.5. The fourth-order valence-corrected chi connectivity index (χ4v) is 10.8. The van der Waals surface area contributed by atoms with Crippen LogP contribution in [0.5, 0.6) is 0 Å². The SMILES string of the molecule is CC(=O)O[C@@H]1C/C=C\[C@@H]2C[C@H](OC(=O)[C@@H]3O[B-]45O[C@@H](C(=O)O[C@H]6C[C@@H](/C=C\C[C@@H](OC(C)=O)C(C)(C)[C@@H]7CC[C@@H](C)[C@]3(O7)O4)O[C@@H]6C)[C@@]3(O[C@@H](CC[C@H]3C)C1(C)C)O5)[C@@H](C)O2. The molecule has 6 saturated heterocycles. The highest BCUT2D eigenvalue weighted by atomic mass is 17.0. The Hall–Kier alpha value is -2.90. The summed E-state index contributed by atoms with van der Waals surface area (Å²) in [6, 6.07) is 0. The van der Waals surface area contributed by atoms with Gasteiger partial charge >= 0.3 is 30.8 Å². The summed E-state index contributed by atoms with van der Waals surface area (Å²) in [5, 5.41) is 0. The summed E-state index contributed by atoms with van der Waals surface area (Å²) in [5.74, 6) is -7.22. The van der Waals surface area contributed by atoms with Gasteiger partial charge in [0.25, 0.3) is 0 Å². The monoisotopic (exact) mass is 859 g/mol. The van der Waals surface area contributed by atoms with E-state index in [1.165, 1.54) is 13.8 Å². The fraction of sp³-hybridized carbons (Fsp3) is 0.818. The number of hydrogen-bond acceptors (Lipinski definition) is 16. The Balaban J connectivity index is 1.28. The van der Waals surface area contributed by atoms with Gasteiger partial charge in [0.2, 0.25) is 0 Å². The van der Waals surface area contributed by atoms with Crippen molar-refractivity contribution in [3.05, 3.63) is 24.3 Å². The average Bonchev–Trinajstić information content (AvgIpc) is 3.90. The van der Waals surface area contributed by atoms with Gasteiger partial charge in [0.15, 0.2) is 23.8 Å². The van der Waals surface area contributed by atoms with E-state index >= 15 is 0 Å². The summed E-state index contributed by atoms with van der Waals surface area (Å²) in [7, 11) is 0. The van der Waals surface area contributed by atoms with E-state index in [-0.39, 0.29) is 0 Å². The largest absolute Gasteiger partial charge is 0.536 e. The zero-order chi connectivity index (χ0) is 43.9. The van der Waals surface area contributed by atoms with Crippen molar-refractivity contribution in [2.75, 3.05) is 0 Å². The molecule has 0 amide bonds. The van der Waals surface area contributed by atoms with Gasteiger partial charge in [0.1, 0.15) is 24.4 Å². The van der Waals surface area contributed by atoms with Crippen LogP contribution in [0.25, 0.3) is 0 Å². The Kier molecular flexibility index (Phi) is 11.9. The highest BCUT2D eigenvalue weighted by Crippen LogP contribution is 2.57. The van der Waals surface area contributed by atoms with E-state index in [2.05, 4.69) is 0 Å². The molecule has 11 bridgehead atoms. The van der Waals surface area contributed by atoms with Crippen LogP contribution in [0.4, 0.5) is 0 Å². The van der Waals surface area contributed by atoms with Gasteiger partial charge in [-0.15, -0.1) is 0 Å². The predicted molar refractivity (Wildman–Crippen MR) is 214 cm³/mol. The first-order valence-corrected chi connectivity index (χ1v) is 22.3. The van der Waals surface area contributed by atoms with Crippen molar-refractivity contribution in [3.8, 4) is 0 Å². The predicted octanol–water partition coefficient (Wildman–Crippen LogP) is 5.29. The van der Waals surface area contributed by atoms with Crippen molar-refractivity contribution in [1.29, 1.82) is 0 Å². The molecular formula is C44H64BO16-. The molecule has 0 unspecified atom stereocenters. The molecule has 0 saturated carbocycles. The van der Waals surface area contributed by atoms with E-state index in [4.69, 9.17) is 56.5 Å². The maximum Gasteiger partial charge on any atom is 0.536 e. The van der Waals surface area contributed by atoms with E-state index in [0.29, 0.717) is 51.4 Å². The quantitative estimate of drug-likeness (QED) is 0.151. The smallest absolute Gasteiger partial charge is 0.504 e. The molecule has 0 aliphatic carbocycles. The molecule has 8 aliphatic rings. The normalized spacial score (nSPS) is 49.0. The van der Waals surface area contributed by atoms with Gasteiger partial charge in [0, 0.05) is 62.2 Å². The number of fused-ring (bicyclic) bond motifs is 8. The minimum absolute atomic E-state index is 0.335. The molecule has 0 aromatic heterocycles. The lowest BCUT2D eigenvalue weighted by molar-refractivity contribution is -0.311. The van der Waals surface area contributed by atoms with Crippen molar-refractivity contribution < 1.29 is 75.7 Å².